The minimum Gasteiger partial charge on any atom is -0.368 e. The van der Waals surface area contributed by atoms with Gasteiger partial charge < -0.3 is 21.7 Å². The van der Waals surface area contributed by atoms with Crippen LogP contribution in [0.5, 0.6) is 0 Å². The highest BCUT2D eigenvalue weighted by Crippen LogP contribution is 2.28. The Kier molecular flexibility index (Phi) is 10.2. The fourth-order valence-electron chi connectivity index (χ4n) is 0.953. The zero-order valence-electron chi connectivity index (χ0n) is 9.17. The molecule has 0 aromatic rings. The normalized spacial score (nSPS) is 17.0. The Balaban J connectivity index is 3.63. The number of nitrogens with two attached hydrogens (primary N) is 2. The first-order valence-electron chi connectivity index (χ1n) is 5.23. The molecule has 98 valence electrons. The zero-order chi connectivity index (χ0) is 12.4. The second-order valence-electron chi connectivity index (χ2n) is 3.26. The molecule has 2 unspecified atom stereocenters. The lowest BCUT2D eigenvalue weighted by Gasteiger charge is -2.14. The summed E-state index contributed by atoms with van der Waals surface area (Å²) in [4.78, 5) is 0. The van der Waals surface area contributed by atoms with Crippen LogP contribution in [0.4, 0.5) is 0 Å². The molecule has 0 radical (unpaired) electrons. The fraction of sp³-hybridized carbons (Fsp3) is 1.00. The highest BCUT2D eigenvalue weighted by molar-refractivity contribution is 7.33. The van der Waals surface area contributed by atoms with Crippen LogP contribution in [0.15, 0.2) is 0 Å². The Bertz CT molecular complexity index is 177. The van der Waals surface area contributed by atoms with Crippen molar-refractivity contribution in [1.82, 2.24) is 0 Å². The minimum atomic E-state index is -2.88. The lowest BCUT2D eigenvalue weighted by Crippen LogP contribution is -2.14. The maximum Gasteiger partial charge on any atom is 0.323 e. The highest BCUT2D eigenvalue weighted by atomic mass is 31.1. The van der Waals surface area contributed by atoms with Gasteiger partial charge in [-0.2, -0.15) is 0 Å². The minimum absolute atomic E-state index is 0.287. The van der Waals surface area contributed by atoms with E-state index in [9.17, 15) is 14.8 Å². The van der Waals surface area contributed by atoms with Crippen LogP contribution >= 0.6 is 8.25 Å². The maximum absolute atomic E-state index is 11.1. The molecule has 0 aromatic carbocycles. The number of hydrogen-bond acceptors (Lipinski definition) is 7. The van der Waals surface area contributed by atoms with Gasteiger partial charge >= 0.3 is 8.25 Å². The van der Waals surface area contributed by atoms with Gasteiger partial charge in [0.1, 0.15) is 0 Å². The molecule has 0 saturated carbocycles. The summed E-state index contributed by atoms with van der Waals surface area (Å²) in [5.41, 5.74) is 10.4. The van der Waals surface area contributed by atoms with Crippen molar-refractivity contribution in [2.45, 2.75) is 38.3 Å². The maximum atomic E-state index is 11.1. The largest absolute Gasteiger partial charge is 0.368 e. The van der Waals surface area contributed by atoms with E-state index < -0.39 is 20.8 Å². The molecule has 2 atom stereocenters. The molecule has 0 bridgehead atoms. The van der Waals surface area contributed by atoms with Crippen LogP contribution < -0.4 is 11.5 Å². The van der Waals surface area contributed by atoms with E-state index in [1.54, 1.807) is 0 Å². The van der Waals surface area contributed by atoms with Crippen LogP contribution in [0, 0.1) is 0 Å². The third-order valence-corrected chi connectivity index (χ3v) is 2.70. The summed E-state index contributed by atoms with van der Waals surface area (Å²) in [6.07, 6.45) is -0.643. The van der Waals surface area contributed by atoms with Crippen LogP contribution in [0.2, 0.25) is 0 Å². The van der Waals surface area contributed by atoms with Gasteiger partial charge in [-0.25, -0.2) is 0 Å². The third kappa shape index (κ3) is 9.23. The van der Waals surface area contributed by atoms with Gasteiger partial charge in [0.05, 0.1) is 0 Å². The Hall–Kier alpha value is -0.0100. The quantitative estimate of drug-likeness (QED) is 0.307. The standard InChI is InChI=1S/C8H21N2O5P/c9-5-1-3-7(11)14-16(13)15-8(12)4-2-6-10/h7-8,11-12,16H,1-6,9-10H2. The highest BCUT2D eigenvalue weighted by Gasteiger charge is 2.13. The Morgan fingerprint density at radius 3 is 1.69 bits per heavy atom. The summed E-state index contributed by atoms with van der Waals surface area (Å²) in [7, 11) is -2.88. The molecule has 8 heteroatoms. The van der Waals surface area contributed by atoms with Gasteiger partial charge in [-0.3, -0.25) is 13.6 Å². The molecule has 0 amide bonds. The summed E-state index contributed by atoms with van der Waals surface area (Å²) >= 11 is 0. The molecule has 0 rings (SSSR count). The van der Waals surface area contributed by atoms with Crippen molar-refractivity contribution >= 4 is 8.25 Å². The molecule has 0 aromatic heterocycles. The third-order valence-electron chi connectivity index (χ3n) is 1.77. The average Bonchev–Trinajstić information content (AvgIpc) is 2.23. The molecule has 0 aliphatic carbocycles. The molecular formula is C8H21N2O5P. The second kappa shape index (κ2) is 10.2. The summed E-state index contributed by atoms with van der Waals surface area (Å²) in [5.74, 6) is 0. The van der Waals surface area contributed by atoms with Crippen LogP contribution in [0.1, 0.15) is 25.7 Å². The van der Waals surface area contributed by atoms with E-state index in [1.807, 2.05) is 0 Å². The first-order valence-corrected chi connectivity index (χ1v) is 6.46. The lowest BCUT2D eigenvalue weighted by atomic mass is 10.3. The van der Waals surface area contributed by atoms with Crippen LogP contribution in [0.25, 0.3) is 0 Å². The Morgan fingerprint density at radius 2 is 1.38 bits per heavy atom. The molecule has 0 aliphatic heterocycles. The molecule has 16 heavy (non-hydrogen) atoms. The van der Waals surface area contributed by atoms with Crippen LogP contribution in [0.3, 0.4) is 0 Å². The molecule has 0 spiro atoms. The number of aliphatic hydroxyl groups is 2. The molecular weight excluding hydrogens is 235 g/mol. The molecule has 0 saturated heterocycles. The van der Waals surface area contributed by atoms with Crippen LogP contribution in [-0.4, -0.2) is 35.9 Å². The topological polar surface area (TPSA) is 128 Å². The predicted molar refractivity (Wildman–Crippen MR) is 59.8 cm³/mol. The molecule has 0 heterocycles. The van der Waals surface area contributed by atoms with E-state index in [1.165, 1.54) is 0 Å². The van der Waals surface area contributed by atoms with Gasteiger partial charge in [-0.1, -0.05) is 0 Å². The van der Waals surface area contributed by atoms with Crippen LogP contribution in [-0.2, 0) is 13.6 Å². The summed E-state index contributed by atoms with van der Waals surface area (Å²) < 4.78 is 20.4. The van der Waals surface area contributed by atoms with E-state index >= 15 is 0 Å². The van der Waals surface area contributed by atoms with Gasteiger partial charge in [0, 0.05) is 0 Å². The first kappa shape index (κ1) is 16.0. The van der Waals surface area contributed by atoms with Gasteiger partial charge in [-0.15, -0.1) is 0 Å². The van der Waals surface area contributed by atoms with Gasteiger partial charge in [0.25, 0.3) is 0 Å². The monoisotopic (exact) mass is 256 g/mol. The van der Waals surface area contributed by atoms with E-state index in [0.29, 0.717) is 25.9 Å². The van der Waals surface area contributed by atoms with E-state index in [2.05, 4.69) is 9.05 Å². The van der Waals surface area contributed by atoms with E-state index in [4.69, 9.17) is 11.5 Å². The summed E-state index contributed by atoms with van der Waals surface area (Å²) in [5, 5.41) is 18.4. The number of rotatable bonds is 10. The SMILES string of the molecule is NCCCC(O)O[PH](=O)OC(O)CCCN. The fourth-order valence-corrected chi connectivity index (χ4v) is 1.69. The first-order chi connectivity index (χ1) is 7.60. The van der Waals surface area contributed by atoms with Crippen molar-refractivity contribution in [2.24, 2.45) is 11.5 Å². The molecule has 0 aliphatic rings. The van der Waals surface area contributed by atoms with Gasteiger partial charge in [-0.05, 0) is 38.8 Å². The molecule has 0 fully saturated rings. The van der Waals surface area contributed by atoms with Gasteiger partial charge in [0.15, 0.2) is 12.6 Å². The van der Waals surface area contributed by atoms with Crippen molar-refractivity contribution in [3.63, 3.8) is 0 Å². The summed E-state index contributed by atoms with van der Waals surface area (Å²) in [6, 6.07) is 0. The number of aliphatic hydroxyl groups excluding tert-OH is 2. The van der Waals surface area contributed by atoms with E-state index in [-0.39, 0.29) is 12.8 Å². The van der Waals surface area contributed by atoms with Crippen molar-refractivity contribution < 1.29 is 23.8 Å². The van der Waals surface area contributed by atoms with Gasteiger partial charge in [0.2, 0.25) is 0 Å². The second-order valence-corrected chi connectivity index (χ2v) is 4.23. The smallest absolute Gasteiger partial charge is 0.323 e. The van der Waals surface area contributed by atoms with E-state index in [0.717, 1.165) is 0 Å². The Morgan fingerprint density at radius 1 is 1.00 bits per heavy atom. The van der Waals surface area contributed by atoms with Crippen molar-refractivity contribution in [3.8, 4) is 0 Å². The molecule has 7 nitrogen and oxygen atoms in total. The zero-order valence-corrected chi connectivity index (χ0v) is 10.2. The predicted octanol–water partition coefficient (Wildman–Crippen LogP) is -0.476. The summed E-state index contributed by atoms with van der Waals surface area (Å²) in [6.45, 7) is 0.836. The number of hydrogen-bond donors (Lipinski definition) is 4. The van der Waals surface area contributed by atoms with Crippen molar-refractivity contribution in [1.29, 1.82) is 0 Å². The van der Waals surface area contributed by atoms with Crippen molar-refractivity contribution in [2.75, 3.05) is 13.1 Å². The lowest BCUT2D eigenvalue weighted by molar-refractivity contribution is -0.0641. The average molecular weight is 256 g/mol. The van der Waals surface area contributed by atoms with Crippen molar-refractivity contribution in [3.05, 3.63) is 0 Å². The Labute approximate surface area is 95.7 Å². The molecule has 6 N–H and O–H groups in total.